The second kappa shape index (κ2) is 10.2. The molecule has 0 radical (unpaired) electrons. The molecule has 0 amide bonds. The molecule has 0 aliphatic carbocycles. The van der Waals surface area contributed by atoms with E-state index < -0.39 is 6.04 Å². The van der Waals surface area contributed by atoms with E-state index in [-0.39, 0.29) is 17.8 Å². The molecule has 4 aromatic rings. The fourth-order valence-electron chi connectivity index (χ4n) is 3.96. The summed E-state index contributed by atoms with van der Waals surface area (Å²) < 4.78 is 18.5. The van der Waals surface area contributed by atoms with Gasteiger partial charge in [0.15, 0.2) is 23.0 Å². The average Bonchev–Trinajstić information content (AvgIpc) is 3.30. The smallest absolute Gasteiger partial charge is 0.328 e. The van der Waals surface area contributed by atoms with E-state index in [1.165, 1.54) is 0 Å². The summed E-state index contributed by atoms with van der Waals surface area (Å²) >= 11 is 0. The zero-order valence-electron chi connectivity index (χ0n) is 21.0. The van der Waals surface area contributed by atoms with Crippen LogP contribution in [-0.2, 0) is 9.53 Å². The zero-order valence-corrected chi connectivity index (χ0v) is 21.0. The Balaban J connectivity index is 1.84. The van der Waals surface area contributed by atoms with Crippen LogP contribution in [0.3, 0.4) is 0 Å². The van der Waals surface area contributed by atoms with Gasteiger partial charge in [0.05, 0.1) is 43.8 Å². The van der Waals surface area contributed by atoms with Crippen LogP contribution in [0.15, 0.2) is 48.7 Å². The highest BCUT2D eigenvalue weighted by Crippen LogP contribution is 2.34. The summed E-state index contributed by atoms with van der Waals surface area (Å²) in [5.74, 6) is 1.75. The number of hydrogen-bond donors (Lipinski definition) is 1. The first-order chi connectivity index (χ1) is 16.8. The first-order valence-electron chi connectivity index (χ1n) is 11.8. The van der Waals surface area contributed by atoms with Crippen LogP contribution >= 0.6 is 0 Å². The van der Waals surface area contributed by atoms with Crippen LogP contribution in [0.4, 0.5) is 5.82 Å². The van der Waals surface area contributed by atoms with E-state index >= 15 is 0 Å². The third kappa shape index (κ3) is 4.87. The largest absolute Gasteiger partial charge is 0.493 e. The van der Waals surface area contributed by atoms with Crippen molar-refractivity contribution in [3.8, 4) is 22.8 Å². The number of hydrogen-bond acceptors (Lipinski definition) is 7. The van der Waals surface area contributed by atoms with E-state index in [0.29, 0.717) is 29.6 Å². The Hall–Kier alpha value is -3.81. The number of para-hydroxylation sites is 2. The van der Waals surface area contributed by atoms with Gasteiger partial charge in [0.25, 0.3) is 0 Å². The van der Waals surface area contributed by atoms with Crippen LogP contribution in [0.1, 0.15) is 27.7 Å². The molecule has 0 saturated carbocycles. The maximum Gasteiger partial charge on any atom is 0.328 e. The minimum atomic E-state index is -0.563. The van der Waals surface area contributed by atoms with Gasteiger partial charge in [-0.05, 0) is 42.2 Å². The third-order valence-electron chi connectivity index (χ3n) is 5.78. The van der Waals surface area contributed by atoms with E-state index in [1.54, 1.807) is 20.4 Å². The molecule has 35 heavy (non-hydrogen) atoms. The number of esters is 1. The van der Waals surface area contributed by atoms with E-state index in [1.807, 2.05) is 74.6 Å². The Morgan fingerprint density at radius 3 is 2.46 bits per heavy atom. The number of fused-ring (bicyclic) bond motifs is 3. The SMILES string of the molecule is COc1ccc(-c2cnc3c(NC(C(=O)OCC(C)C)C(C)C)nc4ccccc4n23)cc1OC. The van der Waals surface area contributed by atoms with Crippen molar-refractivity contribution in [1.82, 2.24) is 14.4 Å². The van der Waals surface area contributed by atoms with Gasteiger partial charge in [-0.15, -0.1) is 0 Å². The lowest BCUT2D eigenvalue weighted by Gasteiger charge is -2.22. The molecule has 8 heteroatoms. The Labute approximate surface area is 205 Å². The van der Waals surface area contributed by atoms with Gasteiger partial charge in [0.2, 0.25) is 0 Å². The van der Waals surface area contributed by atoms with E-state index in [0.717, 1.165) is 22.3 Å². The quantitative estimate of drug-likeness (QED) is 0.332. The molecule has 2 heterocycles. The van der Waals surface area contributed by atoms with Gasteiger partial charge in [-0.25, -0.2) is 14.8 Å². The number of nitrogens with zero attached hydrogens (tertiary/aromatic N) is 3. The van der Waals surface area contributed by atoms with Crippen molar-refractivity contribution in [2.45, 2.75) is 33.7 Å². The molecular formula is C27H32N4O4. The number of rotatable bonds is 9. The summed E-state index contributed by atoms with van der Waals surface area (Å²) in [7, 11) is 3.22. The van der Waals surface area contributed by atoms with Crippen LogP contribution in [0.5, 0.6) is 11.5 Å². The Morgan fingerprint density at radius 2 is 1.77 bits per heavy atom. The van der Waals surface area contributed by atoms with Crippen molar-refractivity contribution < 1.29 is 19.0 Å². The second-order valence-electron chi connectivity index (χ2n) is 9.21. The van der Waals surface area contributed by atoms with Crippen LogP contribution < -0.4 is 14.8 Å². The Morgan fingerprint density at radius 1 is 1.03 bits per heavy atom. The van der Waals surface area contributed by atoms with Crippen molar-refractivity contribution in [3.63, 3.8) is 0 Å². The molecule has 1 atom stereocenters. The topological polar surface area (TPSA) is 87.0 Å². The van der Waals surface area contributed by atoms with Gasteiger partial charge in [0.1, 0.15) is 6.04 Å². The van der Waals surface area contributed by atoms with Crippen LogP contribution in [0.2, 0.25) is 0 Å². The van der Waals surface area contributed by atoms with Crippen LogP contribution in [0, 0.1) is 11.8 Å². The van der Waals surface area contributed by atoms with Crippen molar-refractivity contribution in [2.24, 2.45) is 11.8 Å². The van der Waals surface area contributed by atoms with Gasteiger partial charge in [-0.3, -0.25) is 4.40 Å². The van der Waals surface area contributed by atoms with Gasteiger partial charge in [-0.1, -0.05) is 39.8 Å². The lowest BCUT2D eigenvalue weighted by Crippen LogP contribution is -2.37. The fourth-order valence-corrected chi connectivity index (χ4v) is 3.96. The standard InChI is InChI=1S/C27H32N4O4/c1-16(2)15-35-27(32)24(17(3)4)30-25-26-28-14-21(18-11-12-22(33-5)23(13-18)34-6)31(26)20-10-8-7-9-19(20)29-25/h7-14,16-17,24H,15H2,1-6H3,(H,29,30). The summed E-state index contributed by atoms with van der Waals surface area (Å²) in [6.45, 7) is 8.36. The molecule has 0 bridgehead atoms. The molecule has 2 aromatic carbocycles. The molecule has 0 aliphatic rings. The number of imidazole rings is 1. The van der Waals surface area contributed by atoms with E-state index in [9.17, 15) is 4.79 Å². The summed E-state index contributed by atoms with van der Waals surface area (Å²) in [4.78, 5) is 22.4. The van der Waals surface area contributed by atoms with E-state index in [2.05, 4.69) is 5.32 Å². The van der Waals surface area contributed by atoms with Gasteiger partial charge < -0.3 is 19.5 Å². The molecule has 0 aliphatic heterocycles. The zero-order chi connectivity index (χ0) is 25.1. The highest BCUT2D eigenvalue weighted by molar-refractivity contribution is 5.88. The summed E-state index contributed by atoms with van der Waals surface area (Å²) in [6, 6.07) is 13.0. The molecule has 0 saturated heterocycles. The average molecular weight is 477 g/mol. The predicted octanol–water partition coefficient (Wildman–Crippen LogP) is 5.20. The molecule has 184 valence electrons. The van der Waals surface area contributed by atoms with E-state index in [4.69, 9.17) is 24.2 Å². The molecule has 2 aromatic heterocycles. The first kappa shape index (κ1) is 24.3. The van der Waals surface area contributed by atoms with Gasteiger partial charge in [-0.2, -0.15) is 0 Å². The monoisotopic (exact) mass is 476 g/mol. The lowest BCUT2D eigenvalue weighted by atomic mass is 10.0. The summed E-state index contributed by atoms with van der Waals surface area (Å²) in [5, 5.41) is 3.33. The highest BCUT2D eigenvalue weighted by atomic mass is 16.5. The van der Waals surface area contributed by atoms with Crippen molar-refractivity contribution in [1.29, 1.82) is 0 Å². The van der Waals surface area contributed by atoms with Crippen LogP contribution in [-0.4, -0.2) is 47.2 Å². The number of methoxy groups -OCH3 is 2. The van der Waals surface area contributed by atoms with Crippen molar-refractivity contribution in [2.75, 3.05) is 26.1 Å². The molecule has 0 fully saturated rings. The van der Waals surface area contributed by atoms with Gasteiger partial charge in [0, 0.05) is 5.56 Å². The number of carbonyl (C=O) groups excluding carboxylic acids is 1. The normalized spacial score (nSPS) is 12.3. The number of carbonyl (C=O) groups is 1. The lowest BCUT2D eigenvalue weighted by molar-refractivity contribution is -0.146. The van der Waals surface area contributed by atoms with Crippen molar-refractivity contribution in [3.05, 3.63) is 48.7 Å². The summed E-state index contributed by atoms with van der Waals surface area (Å²) in [6.07, 6.45) is 1.80. The minimum Gasteiger partial charge on any atom is -0.493 e. The summed E-state index contributed by atoms with van der Waals surface area (Å²) in [5.41, 5.74) is 4.08. The predicted molar refractivity (Wildman–Crippen MR) is 137 cm³/mol. The Bertz CT molecular complexity index is 1350. The van der Waals surface area contributed by atoms with Gasteiger partial charge >= 0.3 is 5.97 Å². The molecular weight excluding hydrogens is 444 g/mol. The first-order valence-corrected chi connectivity index (χ1v) is 11.8. The Kier molecular flexibility index (Phi) is 7.10. The second-order valence-corrected chi connectivity index (χ2v) is 9.21. The van der Waals surface area contributed by atoms with Crippen LogP contribution in [0.25, 0.3) is 27.9 Å². The molecule has 1 unspecified atom stereocenters. The van der Waals surface area contributed by atoms with Crippen molar-refractivity contribution >= 4 is 28.5 Å². The number of ether oxygens (including phenoxy) is 3. The maximum absolute atomic E-state index is 12.9. The number of anilines is 1. The maximum atomic E-state index is 12.9. The highest BCUT2D eigenvalue weighted by Gasteiger charge is 2.26. The minimum absolute atomic E-state index is 0.0109. The molecule has 0 spiro atoms. The molecule has 4 rings (SSSR count). The molecule has 8 nitrogen and oxygen atoms in total. The third-order valence-corrected chi connectivity index (χ3v) is 5.78. The number of aromatic nitrogens is 3. The fraction of sp³-hybridized carbons (Fsp3) is 0.370. The molecule has 1 N–H and O–H groups in total. The number of benzene rings is 2. The number of nitrogens with one attached hydrogen (secondary N) is 1.